The van der Waals surface area contributed by atoms with E-state index in [2.05, 4.69) is 11.4 Å². The fourth-order valence-corrected chi connectivity index (χ4v) is 4.91. The van der Waals surface area contributed by atoms with E-state index in [9.17, 15) is 14.9 Å². The van der Waals surface area contributed by atoms with Crippen LogP contribution < -0.4 is 5.32 Å². The molecule has 2 atom stereocenters. The van der Waals surface area contributed by atoms with Gasteiger partial charge in [-0.3, -0.25) is 9.59 Å². The third-order valence-corrected chi connectivity index (χ3v) is 6.80. The van der Waals surface area contributed by atoms with Crippen molar-refractivity contribution in [3.8, 4) is 6.07 Å². The Morgan fingerprint density at radius 3 is 2.69 bits per heavy atom. The Balaban J connectivity index is 1.35. The molecule has 0 unspecified atom stereocenters. The zero-order chi connectivity index (χ0) is 20.0. The maximum Gasteiger partial charge on any atom is 0.226 e. The van der Waals surface area contributed by atoms with E-state index in [4.69, 9.17) is 4.42 Å². The molecule has 1 aromatic heterocycles. The van der Waals surface area contributed by atoms with E-state index in [0.717, 1.165) is 48.0 Å². The van der Waals surface area contributed by atoms with Gasteiger partial charge in [-0.2, -0.15) is 5.26 Å². The summed E-state index contributed by atoms with van der Waals surface area (Å²) in [7, 11) is 0. The van der Waals surface area contributed by atoms with Crippen molar-refractivity contribution in [2.45, 2.75) is 57.0 Å². The largest absolute Gasteiger partial charge is 0.461 e. The van der Waals surface area contributed by atoms with Crippen LogP contribution >= 0.6 is 0 Å². The van der Waals surface area contributed by atoms with Crippen molar-refractivity contribution in [3.05, 3.63) is 35.6 Å². The molecule has 1 N–H and O–H groups in total. The zero-order valence-corrected chi connectivity index (χ0v) is 16.4. The van der Waals surface area contributed by atoms with Gasteiger partial charge in [0.2, 0.25) is 11.8 Å². The molecule has 0 radical (unpaired) electrons. The number of carbonyl (C=O) groups is 2. The average molecular weight is 391 g/mol. The number of benzene rings is 1. The summed E-state index contributed by atoms with van der Waals surface area (Å²) in [5.41, 5.74) is 1.28. The van der Waals surface area contributed by atoms with E-state index in [0.29, 0.717) is 32.4 Å². The van der Waals surface area contributed by atoms with Gasteiger partial charge in [-0.05, 0) is 31.7 Å². The van der Waals surface area contributed by atoms with Crippen molar-refractivity contribution >= 4 is 22.8 Å². The van der Waals surface area contributed by atoms with Gasteiger partial charge in [0.1, 0.15) is 16.9 Å². The van der Waals surface area contributed by atoms with Crippen LogP contribution in [0.1, 0.15) is 49.8 Å². The first-order chi connectivity index (χ1) is 14.1. The summed E-state index contributed by atoms with van der Waals surface area (Å²) in [6.45, 7) is 1.16. The van der Waals surface area contributed by atoms with E-state index in [-0.39, 0.29) is 23.7 Å². The van der Waals surface area contributed by atoms with Crippen molar-refractivity contribution in [2.24, 2.45) is 11.8 Å². The molecular formula is C23H25N3O3. The number of nitrogens with zero attached hydrogens (tertiary/aromatic N) is 2. The number of fused-ring (bicyclic) bond motifs is 3. The van der Waals surface area contributed by atoms with Gasteiger partial charge >= 0.3 is 0 Å². The number of carbonyl (C=O) groups excluding carboxylic acids is 2. The Bertz CT molecular complexity index is 1010. The maximum absolute atomic E-state index is 13.4. The minimum atomic E-state index is -0.683. The number of amides is 2. The number of para-hydroxylation sites is 1. The van der Waals surface area contributed by atoms with E-state index >= 15 is 0 Å². The van der Waals surface area contributed by atoms with Gasteiger partial charge in [-0.1, -0.05) is 31.0 Å². The Kier molecular flexibility index (Phi) is 4.34. The van der Waals surface area contributed by atoms with Crippen LogP contribution in [0.3, 0.4) is 0 Å². The first-order valence-electron chi connectivity index (χ1n) is 10.6. The molecule has 2 saturated carbocycles. The molecule has 0 spiro atoms. The highest BCUT2D eigenvalue weighted by molar-refractivity contribution is 5.89. The predicted octanol–water partition coefficient (Wildman–Crippen LogP) is 3.30. The fourth-order valence-electron chi connectivity index (χ4n) is 4.91. The molecule has 6 nitrogen and oxygen atoms in total. The SMILES string of the molecule is N#CC1(NC(=O)[C@H]2CCCC[C@@H]2C(=O)N2CCc3oc4ccccc4c3C2)CC1. The van der Waals surface area contributed by atoms with Crippen LogP contribution in [0, 0.1) is 23.2 Å². The van der Waals surface area contributed by atoms with Crippen LogP contribution in [0.5, 0.6) is 0 Å². The lowest BCUT2D eigenvalue weighted by Gasteiger charge is -2.35. The van der Waals surface area contributed by atoms with Crippen molar-refractivity contribution in [1.29, 1.82) is 5.26 Å². The summed E-state index contributed by atoms with van der Waals surface area (Å²) in [5, 5.41) is 13.3. The second-order valence-corrected chi connectivity index (χ2v) is 8.69. The molecule has 3 aliphatic rings. The van der Waals surface area contributed by atoms with E-state index < -0.39 is 5.54 Å². The molecule has 0 bridgehead atoms. The first-order valence-corrected chi connectivity index (χ1v) is 10.6. The third kappa shape index (κ3) is 3.19. The highest BCUT2D eigenvalue weighted by Crippen LogP contribution is 2.38. The smallest absolute Gasteiger partial charge is 0.226 e. The van der Waals surface area contributed by atoms with Crippen LogP contribution in [0.25, 0.3) is 11.0 Å². The van der Waals surface area contributed by atoms with Gasteiger partial charge in [-0.15, -0.1) is 0 Å². The normalized spacial score (nSPS) is 25.1. The fraction of sp³-hybridized carbons (Fsp3) is 0.522. The molecule has 2 fully saturated rings. The summed E-state index contributed by atoms with van der Waals surface area (Å²) >= 11 is 0. The summed E-state index contributed by atoms with van der Waals surface area (Å²) in [6, 6.07) is 10.2. The average Bonchev–Trinajstić information content (AvgIpc) is 3.44. The molecule has 5 rings (SSSR count). The Hall–Kier alpha value is -2.81. The molecule has 2 heterocycles. The molecule has 150 valence electrons. The van der Waals surface area contributed by atoms with Gasteiger partial charge in [-0.25, -0.2) is 0 Å². The zero-order valence-electron chi connectivity index (χ0n) is 16.4. The minimum Gasteiger partial charge on any atom is -0.461 e. The van der Waals surface area contributed by atoms with Crippen molar-refractivity contribution in [2.75, 3.05) is 6.54 Å². The third-order valence-electron chi connectivity index (χ3n) is 6.80. The van der Waals surface area contributed by atoms with Gasteiger partial charge in [0, 0.05) is 42.3 Å². The number of furan rings is 1. The molecular weight excluding hydrogens is 366 g/mol. The van der Waals surface area contributed by atoms with Gasteiger partial charge in [0.25, 0.3) is 0 Å². The van der Waals surface area contributed by atoms with E-state index in [1.165, 1.54) is 0 Å². The lowest BCUT2D eigenvalue weighted by molar-refractivity contribution is -0.144. The first kappa shape index (κ1) is 18.2. The summed E-state index contributed by atoms with van der Waals surface area (Å²) in [5.74, 6) is 0.302. The molecule has 1 aliphatic heterocycles. The van der Waals surface area contributed by atoms with Crippen molar-refractivity contribution in [3.63, 3.8) is 0 Å². The number of nitrogens with one attached hydrogen (secondary N) is 1. The summed E-state index contributed by atoms with van der Waals surface area (Å²) in [6.07, 6.45) is 5.52. The molecule has 2 aromatic rings. The lowest BCUT2D eigenvalue weighted by atomic mass is 9.77. The van der Waals surface area contributed by atoms with E-state index in [1.54, 1.807) is 0 Å². The molecule has 2 aliphatic carbocycles. The van der Waals surface area contributed by atoms with Crippen molar-refractivity contribution < 1.29 is 14.0 Å². The predicted molar refractivity (Wildman–Crippen MR) is 107 cm³/mol. The molecule has 0 saturated heterocycles. The van der Waals surface area contributed by atoms with Crippen LogP contribution in [0.2, 0.25) is 0 Å². The Labute approximate surface area is 169 Å². The number of rotatable bonds is 3. The topological polar surface area (TPSA) is 86.3 Å². The van der Waals surface area contributed by atoms with E-state index in [1.807, 2.05) is 29.2 Å². The number of hydrogen-bond acceptors (Lipinski definition) is 4. The second-order valence-electron chi connectivity index (χ2n) is 8.69. The molecule has 29 heavy (non-hydrogen) atoms. The van der Waals surface area contributed by atoms with Crippen LogP contribution in [-0.2, 0) is 22.6 Å². The van der Waals surface area contributed by atoms with Crippen molar-refractivity contribution in [1.82, 2.24) is 10.2 Å². The molecule has 6 heteroatoms. The van der Waals surface area contributed by atoms with Crippen LogP contribution in [0.4, 0.5) is 0 Å². The highest BCUT2D eigenvalue weighted by Gasteiger charge is 2.47. The lowest BCUT2D eigenvalue weighted by Crippen LogP contribution is -2.48. The monoisotopic (exact) mass is 391 g/mol. The van der Waals surface area contributed by atoms with Crippen LogP contribution in [0.15, 0.2) is 28.7 Å². The molecule has 2 amide bonds. The summed E-state index contributed by atoms with van der Waals surface area (Å²) < 4.78 is 5.96. The number of nitriles is 1. The minimum absolute atomic E-state index is 0.0718. The maximum atomic E-state index is 13.4. The van der Waals surface area contributed by atoms with Crippen LogP contribution in [-0.4, -0.2) is 28.8 Å². The second kappa shape index (κ2) is 6.91. The Morgan fingerprint density at radius 1 is 1.17 bits per heavy atom. The van der Waals surface area contributed by atoms with Gasteiger partial charge in [0.05, 0.1) is 6.07 Å². The Morgan fingerprint density at radius 2 is 1.93 bits per heavy atom. The molecule has 1 aromatic carbocycles. The highest BCUT2D eigenvalue weighted by atomic mass is 16.3. The van der Waals surface area contributed by atoms with Gasteiger partial charge in [0.15, 0.2) is 0 Å². The standard InChI is InChI=1S/C23H25N3O3/c24-14-23(10-11-23)25-21(27)16-6-1-2-7-17(16)22(28)26-12-9-20-18(13-26)15-5-3-4-8-19(15)29-20/h3-5,8,16-17H,1-2,6-7,9-13H2,(H,25,27)/t16-,17-/m0/s1. The van der Waals surface area contributed by atoms with Gasteiger partial charge < -0.3 is 14.6 Å². The number of hydrogen-bond donors (Lipinski definition) is 1. The quantitative estimate of drug-likeness (QED) is 0.870. The summed E-state index contributed by atoms with van der Waals surface area (Å²) in [4.78, 5) is 28.2.